The number of carbonyl (C=O) groups is 1. The zero-order valence-electron chi connectivity index (χ0n) is 12.4. The van der Waals surface area contributed by atoms with E-state index in [1.807, 2.05) is 6.92 Å². The minimum absolute atomic E-state index is 0.0747. The molecule has 20 heavy (non-hydrogen) atoms. The van der Waals surface area contributed by atoms with Crippen LogP contribution in [0.1, 0.15) is 64.7 Å². The van der Waals surface area contributed by atoms with Crippen LogP contribution in [-0.4, -0.2) is 35.5 Å². The first kappa shape index (κ1) is 14.3. The van der Waals surface area contributed by atoms with Gasteiger partial charge in [-0.25, -0.2) is 0 Å². The van der Waals surface area contributed by atoms with Gasteiger partial charge in [-0.05, 0) is 45.4 Å². The molecule has 3 unspecified atom stereocenters. The molecule has 1 aliphatic carbocycles. The van der Waals surface area contributed by atoms with Gasteiger partial charge in [-0.3, -0.25) is 4.79 Å². The van der Waals surface area contributed by atoms with E-state index >= 15 is 0 Å². The Morgan fingerprint density at radius 3 is 2.55 bits per heavy atom. The minimum atomic E-state index is -0.731. The number of hydrogen-bond acceptors (Lipinski definition) is 3. The second-order valence-electron chi connectivity index (χ2n) is 6.95. The summed E-state index contributed by atoms with van der Waals surface area (Å²) < 4.78 is 11.9. The van der Waals surface area contributed by atoms with Crippen molar-refractivity contribution < 1.29 is 19.4 Å². The highest BCUT2D eigenvalue weighted by molar-refractivity contribution is 5.75. The number of carboxylic acids is 1. The van der Waals surface area contributed by atoms with Crippen molar-refractivity contribution in [2.75, 3.05) is 6.61 Å². The zero-order chi connectivity index (χ0) is 14.2. The lowest BCUT2D eigenvalue weighted by Gasteiger charge is -2.35. The summed E-state index contributed by atoms with van der Waals surface area (Å²) >= 11 is 0. The Morgan fingerprint density at radius 1 is 1.20 bits per heavy atom. The highest BCUT2D eigenvalue weighted by atomic mass is 16.5. The normalized spacial score (nSPS) is 40.2. The third-order valence-corrected chi connectivity index (χ3v) is 5.82. The third kappa shape index (κ3) is 2.37. The van der Waals surface area contributed by atoms with Gasteiger partial charge in [-0.15, -0.1) is 0 Å². The second-order valence-corrected chi connectivity index (χ2v) is 6.95. The van der Waals surface area contributed by atoms with Crippen LogP contribution in [0.15, 0.2) is 0 Å². The monoisotopic (exact) mass is 282 g/mol. The van der Waals surface area contributed by atoms with Crippen molar-refractivity contribution in [3.63, 3.8) is 0 Å². The second kappa shape index (κ2) is 5.30. The molecule has 3 rings (SSSR count). The molecule has 3 aliphatic rings. The van der Waals surface area contributed by atoms with E-state index in [1.54, 1.807) is 0 Å². The van der Waals surface area contributed by atoms with Crippen LogP contribution in [0.2, 0.25) is 0 Å². The molecule has 0 amide bonds. The summed E-state index contributed by atoms with van der Waals surface area (Å²) in [4.78, 5) is 11.8. The van der Waals surface area contributed by atoms with Gasteiger partial charge in [0.2, 0.25) is 0 Å². The van der Waals surface area contributed by atoms with Gasteiger partial charge in [0.1, 0.15) is 0 Å². The molecule has 4 nitrogen and oxygen atoms in total. The van der Waals surface area contributed by atoms with Crippen LogP contribution in [0.4, 0.5) is 0 Å². The molecule has 1 saturated carbocycles. The van der Waals surface area contributed by atoms with Crippen molar-refractivity contribution in [2.24, 2.45) is 5.41 Å². The fourth-order valence-corrected chi connectivity index (χ4v) is 4.43. The van der Waals surface area contributed by atoms with Crippen LogP contribution in [0.25, 0.3) is 0 Å². The molecule has 0 radical (unpaired) electrons. The largest absolute Gasteiger partial charge is 0.481 e. The van der Waals surface area contributed by atoms with Crippen molar-refractivity contribution in [1.82, 2.24) is 0 Å². The summed E-state index contributed by atoms with van der Waals surface area (Å²) in [6, 6.07) is 0. The first-order chi connectivity index (χ1) is 9.56. The Hall–Kier alpha value is -0.610. The third-order valence-electron chi connectivity index (χ3n) is 5.82. The Bertz CT molecular complexity index is 375. The quantitative estimate of drug-likeness (QED) is 0.864. The number of aliphatic carboxylic acids is 1. The number of hydrogen-bond donors (Lipinski definition) is 1. The van der Waals surface area contributed by atoms with Crippen LogP contribution in [0.3, 0.4) is 0 Å². The molecule has 4 heteroatoms. The number of rotatable bonds is 3. The van der Waals surface area contributed by atoms with E-state index in [2.05, 4.69) is 0 Å². The fraction of sp³-hybridized carbons (Fsp3) is 0.938. The zero-order valence-corrected chi connectivity index (χ0v) is 12.4. The summed E-state index contributed by atoms with van der Waals surface area (Å²) in [5.41, 5.74) is -0.657. The van der Waals surface area contributed by atoms with Crippen LogP contribution in [0, 0.1) is 5.41 Å². The molecule has 114 valence electrons. The molecular weight excluding hydrogens is 256 g/mol. The summed E-state index contributed by atoms with van der Waals surface area (Å²) in [5, 5.41) is 9.66. The lowest BCUT2D eigenvalue weighted by atomic mass is 9.76. The highest BCUT2D eigenvalue weighted by Crippen LogP contribution is 2.47. The van der Waals surface area contributed by atoms with Gasteiger partial charge in [0.15, 0.2) is 0 Å². The van der Waals surface area contributed by atoms with E-state index in [0.717, 1.165) is 25.7 Å². The molecule has 1 spiro atoms. The lowest BCUT2D eigenvalue weighted by Crippen LogP contribution is -2.41. The maximum atomic E-state index is 11.8. The Kier molecular flexibility index (Phi) is 3.80. The molecule has 0 bridgehead atoms. The van der Waals surface area contributed by atoms with E-state index in [-0.39, 0.29) is 17.8 Å². The maximum absolute atomic E-state index is 11.8. The molecule has 2 aliphatic heterocycles. The molecule has 1 N–H and O–H groups in total. The first-order valence-corrected chi connectivity index (χ1v) is 8.09. The topological polar surface area (TPSA) is 55.8 Å². The molecule has 0 aromatic heterocycles. The predicted molar refractivity (Wildman–Crippen MR) is 74.6 cm³/mol. The molecule has 2 heterocycles. The van der Waals surface area contributed by atoms with Gasteiger partial charge in [-0.1, -0.05) is 19.3 Å². The van der Waals surface area contributed by atoms with Crippen molar-refractivity contribution in [2.45, 2.75) is 82.5 Å². The lowest BCUT2D eigenvalue weighted by molar-refractivity contribution is -0.157. The number of ether oxygens (including phenoxy) is 2. The summed E-state index contributed by atoms with van der Waals surface area (Å²) in [6.45, 7) is 2.46. The molecular formula is C16H26O4. The van der Waals surface area contributed by atoms with Gasteiger partial charge < -0.3 is 14.6 Å². The van der Waals surface area contributed by atoms with Crippen molar-refractivity contribution >= 4 is 5.97 Å². The molecule has 2 saturated heterocycles. The van der Waals surface area contributed by atoms with E-state index in [1.165, 1.54) is 19.3 Å². The standard InChI is InChI=1S/C16H26O4/c1-12-16(14(17)18,9-10-19-12)11-13-5-8-15(20-13)6-3-2-4-7-15/h12-13H,2-11H2,1H3,(H,17,18). The number of carboxylic acid groups (broad SMARTS) is 1. The van der Waals surface area contributed by atoms with E-state index in [4.69, 9.17) is 9.47 Å². The molecule has 0 aromatic carbocycles. The summed E-state index contributed by atoms with van der Waals surface area (Å²) in [5.74, 6) is -0.712. The molecule has 3 fully saturated rings. The van der Waals surface area contributed by atoms with E-state index < -0.39 is 11.4 Å². The van der Waals surface area contributed by atoms with Crippen LogP contribution in [-0.2, 0) is 14.3 Å². The maximum Gasteiger partial charge on any atom is 0.312 e. The van der Waals surface area contributed by atoms with Crippen molar-refractivity contribution in [3.8, 4) is 0 Å². The average molecular weight is 282 g/mol. The van der Waals surface area contributed by atoms with Gasteiger partial charge in [0.05, 0.1) is 23.2 Å². The Labute approximate surface area is 120 Å². The molecule has 3 atom stereocenters. The summed E-state index contributed by atoms with van der Waals surface area (Å²) in [6.07, 6.45) is 9.43. The SMILES string of the molecule is CC1OCCC1(CC1CCC2(CCCCC2)O1)C(=O)O. The van der Waals surface area contributed by atoms with Crippen LogP contribution < -0.4 is 0 Å². The van der Waals surface area contributed by atoms with Crippen LogP contribution in [0.5, 0.6) is 0 Å². The van der Waals surface area contributed by atoms with Crippen molar-refractivity contribution in [3.05, 3.63) is 0 Å². The van der Waals surface area contributed by atoms with Gasteiger partial charge in [-0.2, -0.15) is 0 Å². The fourth-order valence-electron chi connectivity index (χ4n) is 4.43. The predicted octanol–water partition coefficient (Wildman–Crippen LogP) is 3.14. The highest BCUT2D eigenvalue weighted by Gasteiger charge is 2.52. The molecule has 0 aromatic rings. The summed E-state index contributed by atoms with van der Waals surface area (Å²) in [7, 11) is 0. The van der Waals surface area contributed by atoms with Gasteiger partial charge in [0.25, 0.3) is 0 Å². The van der Waals surface area contributed by atoms with E-state index in [9.17, 15) is 9.90 Å². The van der Waals surface area contributed by atoms with E-state index in [0.29, 0.717) is 19.4 Å². The van der Waals surface area contributed by atoms with Crippen LogP contribution >= 0.6 is 0 Å². The Morgan fingerprint density at radius 2 is 1.95 bits per heavy atom. The van der Waals surface area contributed by atoms with Gasteiger partial charge >= 0.3 is 5.97 Å². The van der Waals surface area contributed by atoms with Crippen molar-refractivity contribution in [1.29, 1.82) is 0 Å². The Balaban J connectivity index is 1.67. The minimum Gasteiger partial charge on any atom is -0.481 e. The van der Waals surface area contributed by atoms with Gasteiger partial charge in [0, 0.05) is 6.61 Å². The smallest absolute Gasteiger partial charge is 0.312 e. The average Bonchev–Trinajstić information content (AvgIpc) is 2.97. The first-order valence-electron chi connectivity index (χ1n) is 8.09.